The topological polar surface area (TPSA) is 43.4 Å². The number of hydrogen-bond donors (Lipinski definition) is 0. The van der Waals surface area contributed by atoms with Gasteiger partial charge in [-0.05, 0) is 23.0 Å². The van der Waals surface area contributed by atoms with Crippen molar-refractivity contribution in [2.24, 2.45) is 0 Å². The van der Waals surface area contributed by atoms with Crippen LogP contribution in [0.5, 0.6) is 5.75 Å². The third-order valence-corrected chi connectivity index (χ3v) is 9.38. The van der Waals surface area contributed by atoms with E-state index in [2.05, 4.69) is 30.8 Å². The molecule has 0 aliphatic heterocycles. The van der Waals surface area contributed by atoms with Crippen LogP contribution in [0.4, 0.5) is 0 Å². The van der Waals surface area contributed by atoms with E-state index in [0.29, 0.717) is 28.0 Å². The maximum absolute atomic E-state index is 13.4. The van der Waals surface area contributed by atoms with E-state index >= 15 is 0 Å². The largest absolute Gasteiger partial charge is 0.534 e. The molecule has 0 spiro atoms. The molecule has 0 aromatic heterocycles. The van der Waals surface area contributed by atoms with Gasteiger partial charge in [0, 0.05) is 16.7 Å². The lowest BCUT2D eigenvalue weighted by Crippen LogP contribution is -2.61. The molecule has 5 rings (SSSR count). The van der Waals surface area contributed by atoms with E-state index in [4.69, 9.17) is 4.43 Å². The van der Waals surface area contributed by atoms with Crippen molar-refractivity contribution in [3.05, 3.63) is 125 Å². The molecule has 3 nitrogen and oxygen atoms in total. The summed E-state index contributed by atoms with van der Waals surface area (Å²) in [5.41, 5.74) is 1.64. The Morgan fingerprint density at radius 1 is 0.548 bits per heavy atom. The minimum absolute atomic E-state index is 0.140. The molecule has 1 aliphatic carbocycles. The van der Waals surface area contributed by atoms with Crippen LogP contribution in [0.1, 0.15) is 31.8 Å². The Morgan fingerprint density at radius 2 is 1.03 bits per heavy atom. The van der Waals surface area contributed by atoms with Crippen LogP contribution < -0.4 is 14.8 Å². The summed E-state index contributed by atoms with van der Waals surface area (Å²) in [7, 11) is -2.71. The van der Waals surface area contributed by atoms with Gasteiger partial charge in [0.15, 0.2) is 11.6 Å². The van der Waals surface area contributed by atoms with Crippen LogP contribution in [0, 0.1) is 0 Å². The van der Waals surface area contributed by atoms with Crippen LogP contribution in [0.15, 0.2) is 103 Å². The van der Waals surface area contributed by atoms with Gasteiger partial charge < -0.3 is 4.43 Å². The van der Waals surface area contributed by atoms with Crippen molar-refractivity contribution >= 4 is 30.3 Å². The van der Waals surface area contributed by atoms with Crippen LogP contribution in [0.25, 0.3) is 0 Å². The molecule has 0 amide bonds. The summed E-state index contributed by atoms with van der Waals surface area (Å²) in [6.45, 7) is 2.13. The van der Waals surface area contributed by atoms with E-state index in [0.717, 1.165) is 10.4 Å². The summed E-state index contributed by atoms with van der Waals surface area (Å²) in [4.78, 5) is 26.5. The molecule has 1 aliphatic rings. The highest BCUT2D eigenvalue weighted by molar-refractivity contribution is 6.97. The minimum Gasteiger partial charge on any atom is -0.534 e. The lowest BCUT2D eigenvalue weighted by Gasteiger charge is -2.31. The van der Waals surface area contributed by atoms with E-state index in [9.17, 15) is 9.59 Å². The summed E-state index contributed by atoms with van der Waals surface area (Å²) in [5, 5.41) is 2.18. The third kappa shape index (κ3) is 3.12. The molecule has 0 fully saturated rings. The van der Waals surface area contributed by atoms with Gasteiger partial charge in [-0.1, -0.05) is 97.1 Å². The number of carbonyl (C=O) groups excluding carboxylic acids is 2. The molecule has 150 valence electrons. The van der Waals surface area contributed by atoms with E-state index in [1.165, 1.54) is 0 Å². The minimum atomic E-state index is -2.71. The monoisotopic (exact) mass is 420 g/mol. The summed E-state index contributed by atoms with van der Waals surface area (Å²) in [6.07, 6.45) is 0. The highest BCUT2D eigenvalue weighted by atomic mass is 28.4. The zero-order chi connectivity index (χ0) is 21.4. The normalized spacial score (nSPS) is 12.8. The van der Waals surface area contributed by atoms with Gasteiger partial charge in [-0.2, -0.15) is 0 Å². The van der Waals surface area contributed by atoms with Crippen molar-refractivity contribution in [2.45, 2.75) is 6.55 Å². The first-order valence-corrected chi connectivity index (χ1v) is 12.6. The van der Waals surface area contributed by atoms with Gasteiger partial charge in [0.25, 0.3) is 0 Å². The number of rotatable bonds is 4. The average Bonchev–Trinajstić information content (AvgIpc) is 2.83. The molecule has 31 heavy (non-hydrogen) atoms. The molecule has 0 atom stereocenters. The van der Waals surface area contributed by atoms with Crippen molar-refractivity contribution in [2.75, 3.05) is 0 Å². The van der Waals surface area contributed by atoms with Crippen molar-refractivity contribution in [1.82, 2.24) is 0 Å². The highest BCUT2D eigenvalue weighted by Gasteiger charge is 2.39. The summed E-state index contributed by atoms with van der Waals surface area (Å²) >= 11 is 0. The van der Waals surface area contributed by atoms with E-state index in [1.807, 2.05) is 36.4 Å². The molecule has 4 heteroatoms. The van der Waals surface area contributed by atoms with Gasteiger partial charge in [-0.3, -0.25) is 9.59 Å². The fourth-order valence-electron chi connectivity index (χ4n) is 4.22. The Hall–Kier alpha value is -3.76. The fraction of sp³-hybridized carbons (Fsp3) is 0.0370. The van der Waals surface area contributed by atoms with Crippen LogP contribution in [-0.4, -0.2) is 19.9 Å². The first kappa shape index (κ1) is 19.2. The Bertz CT molecular complexity index is 1260. The standard InChI is InChI=1S/C27H20O3Si/c1-31(19-11-4-2-5-12-19,20-13-6-3-7-14-20)30-24-18-10-17-23-25(24)27(29)22-16-9-8-15-21(22)26(23)28/h2-18H,1H3. The lowest BCUT2D eigenvalue weighted by atomic mass is 9.84. The summed E-state index contributed by atoms with van der Waals surface area (Å²) < 4.78 is 6.77. The fourth-order valence-corrected chi connectivity index (χ4v) is 7.05. The number of benzene rings is 4. The van der Waals surface area contributed by atoms with Crippen LogP contribution in [-0.2, 0) is 0 Å². The zero-order valence-electron chi connectivity index (χ0n) is 17.0. The number of hydrogen-bond acceptors (Lipinski definition) is 3. The van der Waals surface area contributed by atoms with Crippen LogP contribution in [0.2, 0.25) is 6.55 Å². The summed E-state index contributed by atoms with van der Waals surface area (Å²) in [6, 6.07) is 32.5. The van der Waals surface area contributed by atoms with Crippen molar-refractivity contribution in [1.29, 1.82) is 0 Å². The molecule has 0 radical (unpaired) electrons. The molecular formula is C27H20O3Si. The number of fused-ring (bicyclic) bond motifs is 2. The second-order valence-electron chi connectivity index (χ2n) is 7.75. The number of carbonyl (C=O) groups is 2. The molecule has 0 heterocycles. The molecule has 0 N–H and O–H groups in total. The molecule has 0 saturated carbocycles. The van der Waals surface area contributed by atoms with Gasteiger partial charge in [-0.25, -0.2) is 0 Å². The average molecular weight is 421 g/mol. The Labute approximate surface area is 182 Å². The summed E-state index contributed by atoms with van der Waals surface area (Å²) in [5.74, 6) is 0.156. The predicted molar refractivity (Wildman–Crippen MR) is 124 cm³/mol. The Balaban J connectivity index is 1.68. The Kier molecular flexibility index (Phi) is 4.64. The molecule has 0 unspecified atom stereocenters. The first-order chi connectivity index (χ1) is 15.1. The molecule has 4 aromatic carbocycles. The van der Waals surface area contributed by atoms with E-state index in [-0.39, 0.29) is 11.6 Å². The van der Waals surface area contributed by atoms with Gasteiger partial charge in [0.05, 0.1) is 5.56 Å². The van der Waals surface area contributed by atoms with Gasteiger partial charge in [-0.15, -0.1) is 0 Å². The lowest BCUT2D eigenvalue weighted by molar-refractivity contribution is 0.0977. The van der Waals surface area contributed by atoms with E-state index < -0.39 is 8.32 Å². The first-order valence-electron chi connectivity index (χ1n) is 10.2. The molecule has 0 bridgehead atoms. The molecule has 0 saturated heterocycles. The van der Waals surface area contributed by atoms with E-state index in [1.54, 1.807) is 42.5 Å². The van der Waals surface area contributed by atoms with Crippen molar-refractivity contribution in [3.8, 4) is 5.75 Å². The van der Waals surface area contributed by atoms with Gasteiger partial charge >= 0.3 is 8.32 Å². The second-order valence-corrected chi connectivity index (χ2v) is 11.2. The highest BCUT2D eigenvalue weighted by Crippen LogP contribution is 2.34. The van der Waals surface area contributed by atoms with Gasteiger partial charge in [0.1, 0.15) is 5.75 Å². The third-order valence-electron chi connectivity index (χ3n) is 5.88. The maximum Gasteiger partial charge on any atom is 0.311 e. The van der Waals surface area contributed by atoms with Crippen LogP contribution >= 0.6 is 0 Å². The maximum atomic E-state index is 13.4. The quantitative estimate of drug-likeness (QED) is 0.409. The van der Waals surface area contributed by atoms with Gasteiger partial charge in [0.2, 0.25) is 0 Å². The van der Waals surface area contributed by atoms with Crippen molar-refractivity contribution in [3.63, 3.8) is 0 Å². The smallest absolute Gasteiger partial charge is 0.311 e. The predicted octanol–water partition coefficient (Wildman–Crippen LogP) is 4.23. The molecule has 4 aromatic rings. The van der Waals surface area contributed by atoms with Crippen LogP contribution in [0.3, 0.4) is 0 Å². The Morgan fingerprint density at radius 3 is 1.61 bits per heavy atom. The SMILES string of the molecule is C[Si](Oc1cccc2c1C(=O)c1ccccc1C2=O)(c1ccccc1)c1ccccc1. The molecular weight excluding hydrogens is 400 g/mol. The number of ketones is 2. The second kappa shape index (κ2) is 7.49. The van der Waals surface area contributed by atoms with Crippen molar-refractivity contribution < 1.29 is 14.0 Å². The zero-order valence-corrected chi connectivity index (χ0v) is 18.0.